The van der Waals surface area contributed by atoms with Crippen molar-refractivity contribution in [3.63, 3.8) is 0 Å². The molecule has 0 radical (unpaired) electrons. The number of aryl methyl sites for hydroxylation is 2. The van der Waals surface area contributed by atoms with Gasteiger partial charge in [-0.1, -0.05) is 86.6 Å². The van der Waals surface area contributed by atoms with Gasteiger partial charge in [0.25, 0.3) is 0 Å². The van der Waals surface area contributed by atoms with Crippen LogP contribution in [0.5, 0.6) is 0 Å². The Morgan fingerprint density at radius 2 is 1.00 bits per heavy atom. The van der Waals surface area contributed by atoms with Crippen LogP contribution < -0.4 is 0 Å². The molecule has 1 aliphatic carbocycles. The zero-order valence-corrected chi connectivity index (χ0v) is 22.1. The summed E-state index contributed by atoms with van der Waals surface area (Å²) in [5.74, 6) is 0. The van der Waals surface area contributed by atoms with Crippen LogP contribution in [0.4, 0.5) is 0 Å². The van der Waals surface area contributed by atoms with E-state index in [1.165, 1.54) is 51.6 Å². The van der Waals surface area contributed by atoms with Crippen molar-refractivity contribution >= 4 is 45.2 Å². The number of hydrogen-bond acceptors (Lipinski definition) is 0. The Hall–Kier alpha value is -1.66. The normalized spacial score (nSPS) is 13.7. The van der Waals surface area contributed by atoms with E-state index in [-0.39, 0.29) is 5.41 Å². The van der Waals surface area contributed by atoms with Gasteiger partial charge in [0.15, 0.2) is 0 Å². The predicted octanol–water partition coefficient (Wildman–Crippen LogP) is 8.38. The fraction of sp³-hybridized carbons (Fsp3) is 0.172. The molecule has 0 bridgehead atoms. The number of hydrogen-bond donors (Lipinski definition) is 0. The van der Waals surface area contributed by atoms with Gasteiger partial charge in [-0.3, -0.25) is 0 Å². The molecule has 0 unspecified atom stereocenters. The predicted molar refractivity (Wildman–Crippen MR) is 148 cm³/mol. The van der Waals surface area contributed by atoms with Gasteiger partial charge in [0.05, 0.1) is 5.41 Å². The lowest BCUT2D eigenvalue weighted by Crippen LogP contribution is -2.29. The molecule has 31 heavy (non-hydrogen) atoms. The average Bonchev–Trinajstić information content (AvgIpc) is 3.11. The van der Waals surface area contributed by atoms with E-state index in [0.29, 0.717) is 0 Å². The third kappa shape index (κ3) is 3.20. The van der Waals surface area contributed by atoms with Crippen molar-refractivity contribution in [1.29, 1.82) is 0 Å². The zero-order chi connectivity index (χ0) is 21.6. The topological polar surface area (TPSA) is 0 Å². The molecule has 0 heterocycles. The molecular weight excluding hydrogens is 602 g/mol. The van der Waals surface area contributed by atoms with Crippen LogP contribution in [-0.2, 0) is 18.3 Å². The van der Waals surface area contributed by atoms with Gasteiger partial charge in [-0.2, -0.15) is 0 Å². The standard InChI is InChI=1S/C29H24I2/c1-3-19-17-21(13-15-27(19)30)29(22-14-16-28(31)20(4-2)18-22)25-11-7-5-9-23(25)24-10-6-8-12-26(24)29/h5-18H,3-4H2,1-2H3. The van der Waals surface area contributed by atoms with E-state index in [9.17, 15) is 0 Å². The summed E-state index contributed by atoms with van der Waals surface area (Å²) in [5.41, 5.74) is 10.8. The molecule has 0 atom stereocenters. The number of halogens is 2. The van der Waals surface area contributed by atoms with E-state index < -0.39 is 0 Å². The van der Waals surface area contributed by atoms with E-state index in [1.54, 1.807) is 0 Å². The molecule has 0 saturated carbocycles. The van der Waals surface area contributed by atoms with Crippen molar-refractivity contribution < 1.29 is 0 Å². The van der Waals surface area contributed by atoms with Crippen molar-refractivity contribution in [1.82, 2.24) is 0 Å². The van der Waals surface area contributed by atoms with Gasteiger partial charge < -0.3 is 0 Å². The van der Waals surface area contributed by atoms with Gasteiger partial charge in [-0.05, 0) is 115 Å². The number of rotatable bonds is 4. The fourth-order valence-corrected chi connectivity index (χ4v) is 6.62. The molecular formula is C29H24I2. The van der Waals surface area contributed by atoms with Crippen molar-refractivity contribution in [3.05, 3.63) is 125 Å². The highest BCUT2D eigenvalue weighted by Gasteiger charge is 2.46. The van der Waals surface area contributed by atoms with Crippen LogP contribution in [0.2, 0.25) is 0 Å². The lowest BCUT2D eigenvalue weighted by Gasteiger charge is -2.34. The molecule has 0 fully saturated rings. The van der Waals surface area contributed by atoms with Gasteiger partial charge in [0, 0.05) is 7.14 Å². The molecule has 1 aliphatic rings. The molecule has 0 N–H and O–H groups in total. The maximum absolute atomic E-state index is 2.47. The second-order valence-corrected chi connectivity index (χ2v) is 10.5. The molecule has 4 aromatic rings. The van der Waals surface area contributed by atoms with Crippen molar-refractivity contribution in [2.24, 2.45) is 0 Å². The van der Waals surface area contributed by atoms with Crippen LogP contribution in [0.15, 0.2) is 84.9 Å². The highest BCUT2D eigenvalue weighted by atomic mass is 127. The van der Waals surface area contributed by atoms with Crippen LogP contribution in [0.1, 0.15) is 47.2 Å². The molecule has 2 heteroatoms. The first-order valence-electron chi connectivity index (χ1n) is 10.9. The van der Waals surface area contributed by atoms with E-state index in [4.69, 9.17) is 0 Å². The number of fused-ring (bicyclic) bond motifs is 3. The van der Waals surface area contributed by atoms with E-state index in [2.05, 4.69) is 144 Å². The van der Waals surface area contributed by atoms with Crippen molar-refractivity contribution in [3.8, 4) is 11.1 Å². The van der Waals surface area contributed by atoms with Crippen LogP contribution in [0, 0.1) is 7.14 Å². The van der Waals surface area contributed by atoms with Gasteiger partial charge in [0.1, 0.15) is 0 Å². The van der Waals surface area contributed by atoms with Gasteiger partial charge >= 0.3 is 0 Å². The molecule has 0 spiro atoms. The first-order chi connectivity index (χ1) is 15.1. The van der Waals surface area contributed by atoms with Gasteiger partial charge in [-0.15, -0.1) is 0 Å². The molecule has 0 nitrogen and oxygen atoms in total. The minimum Gasteiger partial charge on any atom is -0.0619 e. The Morgan fingerprint density at radius 1 is 0.581 bits per heavy atom. The van der Waals surface area contributed by atoms with E-state index in [1.807, 2.05) is 0 Å². The Balaban J connectivity index is 1.95. The maximum Gasteiger partial charge on any atom is 0.0713 e. The third-order valence-electron chi connectivity index (χ3n) is 6.67. The average molecular weight is 626 g/mol. The number of benzene rings is 4. The van der Waals surface area contributed by atoms with Gasteiger partial charge in [-0.25, -0.2) is 0 Å². The summed E-state index contributed by atoms with van der Waals surface area (Å²) in [4.78, 5) is 0. The molecule has 154 valence electrons. The molecule has 0 aliphatic heterocycles. The summed E-state index contributed by atoms with van der Waals surface area (Å²) in [5, 5.41) is 0. The molecule has 4 aromatic carbocycles. The quantitative estimate of drug-likeness (QED) is 0.176. The Morgan fingerprint density at radius 3 is 1.42 bits per heavy atom. The third-order valence-corrected chi connectivity index (χ3v) is 8.78. The largest absolute Gasteiger partial charge is 0.0713 e. The summed E-state index contributed by atoms with van der Waals surface area (Å²) < 4.78 is 2.69. The molecule has 5 rings (SSSR count). The van der Waals surface area contributed by atoms with Crippen LogP contribution in [0.3, 0.4) is 0 Å². The Kier molecular flexibility index (Phi) is 5.72. The summed E-state index contributed by atoms with van der Waals surface area (Å²) in [6, 6.07) is 32.2. The SMILES string of the molecule is CCc1cc(C2(c3ccc(I)c(CC)c3)c3ccccc3-c3ccccc32)ccc1I. The van der Waals surface area contributed by atoms with Crippen LogP contribution in [-0.4, -0.2) is 0 Å². The Labute approximate surface area is 212 Å². The molecule has 0 saturated heterocycles. The Bertz CT molecular complexity index is 1180. The van der Waals surface area contributed by atoms with E-state index in [0.717, 1.165) is 12.8 Å². The van der Waals surface area contributed by atoms with Crippen LogP contribution >= 0.6 is 45.2 Å². The minimum absolute atomic E-state index is 0.296. The van der Waals surface area contributed by atoms with Gasteiger partial charge in [0.2, 0.25) is 0 Å². The summed E-state index contributed by atoms with van der Waals surface area (Å²) in [7, 11) is 0. The lowest BCUT2D eigenvalue weighted by atomic mass is 9.67. The second kappa shape index (κ2) is 8.36. The highest BCUT2D eigenvalue weighted by Crippen LogP contribution is 2.56. The lowest BCUT2D eigenvalue weighted by molar-refractivity contribution is 0.763. The summed E-state index contributed by atoms with van der Waals surface area (Å²) in [6.45, 7) is 4.51. The van der Waals surface area contributed by atoms with Crippen molar-refractivity contribution in [2.45, 2.75) is 32.1 Å². The summed E-state index contributed by atoms with van der Waals surface area (Å²) >= 11 is 4.95. The fourth-order valence-electron chi connectivity index (χ4n) is 5.18. The first kappa shape index (κ1) is 21.2. The highest BCUT2D eigenvalue weighted by molar-refractivity contribution is 14.1. The minimum atomic E-state index is -0.296. The first-order valence-corrected chi connectivity index (χ1v) is 13.0. The molecule has 0 amide bonds. The van der Waals surface area contributed by atoms with Crippen molar-refractivity contribution in [2.75, 3.05) is 0 Å². The maximum atomic E-state index is 2.47. The zero-order valence-electron chi connectivity index (χ0n) is 17.8. The van der Waals surface area contributed by atoms with E-state index >= 15 is 0 Å². The van der Waals surface area contributed by atoms with Crippen LogP contribution in [0.25, 0.3) is 11.1 Å². The monoisotopic (exact) mass is 626 g/mol. The smallest absolute Gasteiger partial charge is 0.0619 e. The summed E-state index contributed by atoms with van der Waals surface area (Å²) in [6.07, 6.45) is 2.08. The second-order valence-electron chi connectivity index (χ2n) is 8.16. The molecule has 0 aromatic heterocycles.